The minimum Gasteiger partial charge on any atom is -0.508 e. The van der Waals surface area contributed by atoms with Crippen molar-refractivity contribution in [3.63, 3.8) is 0 Å². The summed E-state index contributed by atoms with van der Waals surface area (Å²) >= 11 is 0. The number of aryl methyl sites for hydroxylation is 1. The number of rotatable bonds is 2. The van der Waals surface area contributed by atoms with Crippen LogP contribution in [0, 0.1) is 0 Å². The third-order valence-corrected chi connectivity index (χ3v) is 2.57. The Labute approximate surface area is 104 Å². The van der Waals surface area contributed by atoms with Crippen molar-refractivity contribution in [2.45, 2.75) is 27.2 Å². The van der Waals surface area contributed by atoms with Crippen LogP contribution in [-0.2, 0) is 6.42 Å². The van der Waals surface area contributed by atoms with E-state index in [0.29, 0.717) is 5.75 Å². The van der Waals surface area contributed by atoms with Gasteiger partial charge in [-0.25, -0.2) is 0 Å². The number of aromatic hydroxyl groups is 1. The number of phenols is 1. The fourth-order valence-corrected chi connectivity index (χ4v) is 1.67. The van der Waals surface area contributed by atoms with Crippen LogP contribution in [0.1, 0.15) is 26.3 Å². The molecule has 0 saturated carbocycles. The van der Waals surface area contributed by atoms with Crippen LogP contribution in [0.25, 0.3) is 11.1 Å². The molecule has 0 aliphatic carbocycles. The van der Waals surface area contributed by atoms with Crippen LogP contribution in [0.15, 0.2) is 48.5 Å². The van der Waals surface area contributed by atoms with Crippen molar-refractivity contribution in [2.75, 3.05) is 0 Å². The first-order valence-corrected chi connectivity index (χ1v) is 6.18. The lowest BCUT2D eigenvalue weighted by atomic mass is 10.0. The Morgan fingerprint density at radius 2 is 1.53 bits per heavy atom. The van der Waals surface area contributed by atoms with Crippen LogP contribution in [0.3, 0.4) is 0 Å². The van der Waals surface area contributed by atoms with Gasteiger partial charge in [0, 0.05) is 0 Å². The van der Waals surface area contributed by atoms with Crippen LogP contribution in [0.2, 0.25) is 0 Å². The molecule has 17 heavy (non-hydrogen) atoms. The van der Waals surface area contributed by atoms with Crippen molar-refractivity contribution in [2.24, 2.45) is 0 Å². The third-order valence-electron chi connectivity index (χ3n) is 2.57. The van der Waals surface area contributed by atoms with Crippen LogP contribution in [-0.4, -0.2) is 5.11 Å². The zero-order valence-corrected chi connectivity index (χ0v) is 10.8. The van der Waals surface area contributed by atoms with Gasteiger partial charge in [0.2, 0.25) is 0 Å². The number of phenolic OH excluding ortho intramolecular Hbond substituents is 1. The summed E-state index contributed by atoms with van der Waals surface area (Å²) in [6.07, 6.45) is 0.862. The van der Waals surface area contributed by atoms with Gasteiger partial charge >= 0.3 is 0 Å². The molecule has 1 N–H and O–H groups in total. The van der Waals surface area contributed by atoms with E-state index in [1.165, 1.54) is 0 Å². The van der Waals surface area contributed by atoms with Crippen molar-refractivity contribution in [1.29, 1.82) is 0 Å². The molecule has 2 aromatic carbocycles. The molecule has 0 unspecified atom stereocenters. The molecular weight excluding hydrogens is 208 g/mol. The summed E-state index contributed by atoms with van der Waals surface area (Å²) in [5, 5.41) is 9.75. The summed E-state index contributed by atoms with van der Waals surface area (Å²) in [5.74, 6) is 0.388. The Hall–Kier alpha value is -1.76. The zero-order chi connectivity index (χ0) is 12.7. The molecule has 90 valence electrons. The van der Waals surface area contributed by atoms with E-state index in [4.69, 9.17) is 0 Å². The van der Waals surface area contributed by atoms with Crippen LogP contribution < -0.4 is 0 Å². The molecule has 0 fully saturated rings. The van der Waals surface area contributed by atoms with Crippen LogP contribution in [0.5, 0.6) is 5.75 Å². The van der Waals surface area contributed by atoms with Crippen molar-refractivity contribution in [1.82, 2.24) is 0 Å². The molecule has 2 rings (SSSR count). The van der Waals surface area contributed by atoms with Gasteiger partial charge in [0.1, 0.15) is 5.75 Å². The van der Waals surface area contributed by atoms with E-state index in [2.05, 4.69) is 0 Å². The van der Waals surface area contributed by atoms with Gasteiger partial charge < -0.3 is 5.11 Å². The number of benzene rings is 2. The van der Waals surface area contributed by atoms with Gasteiger partial charge in [-0.1, -0.05) is 63.2 Å². The monoisotopic (exact) mass is 228 g/mol. The molecule has 0 aliphatic heterocycles. The maximum atomic E-state index is 9.75. The summed E-state index contributed by atoms with van der Waals surface area (Å²) in [5.41, 5.74) is 3.19. The van der Waals surface area contributed by atoms with E-state index < -0.39 is 0 Å². The van der Waals surface area contributed by atoms with E-state index in [0.717, 1.165) is 23.1 Å². The molecule has 0 radical (unpaired) electrons. The van der Waals surface area contributed by atoms with Crippen molar-refractivity contribution in [3.8, 4) is 16.9 Å². The lowest BCUT2D eigenvalue weighted by Gasteiger charge is -2.05. The minimum absolute atomic E-state index is 0.388. The third kappa shape index (κ3) is 3.35. The Morgan fingerprint density at radius 3 is 2.06 bits per heavy atom. The zero-order valence-electron chi connectivity index (χ0n) is 10.8. The smallest absolute Gasteiger partial charge is 0.119 e. The molecule has 0 heterocycles. The quantitative estimate of drug-likeness (QED) is 0.793. The van der Waals surface area contributed by atoms with Gasteiger partial charge in [0.25, 0.3) is 0 Å². The normalized spacial score (nSPS) is 9.35. The topological polar surface area (TPSA) is 20.2 Å². The molecule has 0 saturated heterocycles. The van der Waals surface area contributed by atoms with Crippen LogP contribution in [0.4, 0.5) is 0 Å². The highest BCUT2D eigenvalue weighted by Gasteiger charge is 2.01. The summed E-state index contributed by atoms with van der Waals surface area (Å²) in [6, 6.07) is 15.9. The predicted molar refractivity (Wildman–Crippen MR) is 74.3 cm³/mol. The highest BCUT2D eigenvalue weighted by atomic mass is 16.3. The molecular formula is C16H20O. The number of hydrogen-bond acceptors (Lipinski definition) is 1. The second kappa shape index (κ2) is 6.74. The van der Waals surface area contributed by atoms with Crippen LogP contribution >= 0.6 is 0 Å². The van der Waals surface area contributed by atoms with Gasteiger partial charge in [-0.2, -0.15) is 0 Å². The van der Waals surface area contributed by atoms with E-state index >= 15 is 0 Å². The van der Waals surface area contributed by atoms with E-state index in [-0.39, 0.29) is 0 Å². The lowest BCUT2D eigenvalue weighted by molar-refractivity contribution is 0.469. The molecule has 2 aromatic rings. The largest absolute Gasteiger partial charge is 0.508 e. The SMILES string of the molecule is CC.CCc1ccc(-c2ccccc2)cc1O. The molecule has 1 nitrogen and oxygen atoms in total. The highest BCUT2D eigenvalue weighted by Crippen LogP contribution is 2.26. The molecule has 0 aromatic heterocycles. The predicted octanol–water partition coefficient (Wildman–Crippen LogP) is 4.65. The fraction of sp³-hybridized carbons (Fsp3) is 0.250. The first-order valence-electron chi connectivity index (χ1n) is 6.18. The minimum atomic E-state index is 0.388. The average Bonchev–Trinajstić information content (AvgIpc) is 2.42. The standard InChI is InChI=1S/C14H14O.C2H6/c1-2-11-8-9-13(10-14(11)15)12-6-4-3-5-7-12;1-2/h3-10,15H,2H2,1H3;1-2H3. The van der Waals surface area contributed by atoms with Gasteiger partial charge in [0.15, 0.2) is 0 Å². The van der Waals surface area contributed by atoms with Gasteiger partial charge in [0.05, 0.1) is 0 Å². The molecule has 0 atom stereocenters. The summed E-state index contributed by atoms with van der Waals surface area (Å²) in [7, 11) is 0. The molecule has 0 spiro atoms. The van der Waals surface area contributed by atoms with Gasteiger partial charge in [-0.05, 0) is 29.2 Å². The maximum Gasteiger partial charge on any atom is 0.119 e. The Balaban J connectivity index is 0.000000686. The van der Waals surface area contributed by atoms with Crippen molar-refractivity contribution in [3.05, 3.63) is 54.1 Å². The summed E-state index contributed by atoms with van der Waals surface area (Å²) in [4.78, 5) is 0. The summed E-state index contributed by atoms with van der Waals surface area (Å²) in [6.45, 7) is 6.04. The molecule has 0 aliphatic rings. The van der Waals surface area contributed by atoms with E-state index in [1.54, 1.807) is 0 Å². The Bertz CT molecular complexity index is 446. The van der Waals surface area contributed by atoms with Gasteiger partial charge in [-0.15, -0.1) is 0 Å². The molecule has 1 heteroatoms. The summed E-state index contributed by atoms with van der Waals surface area (Å²) < 4.78 is 0. The second-order valence-corrected chi connectivity index (χ2v) is 3.56. The molecule has 0 bridgehead atoms. The van der Waals surface area contributed by atoms with Crippen molar-refractivity contribution >= 4 is 0 Å². The van der Waals surface area contributed by atoms with Crippen molar-refractivity contribution < 1.29 is 5.11 Å². The highest BCUT2D eigenvalue weighted by molar-refractivity contribution is 5.65. The Morgan fingerprint density at radius 1 is 0.882 bits per heavy atom. The van der Waals surface area contributed by atoms with E-state index in [1.807, 2.05) is 69.3 Å². The van der Waals surface area contributed by atoms with E-state index in [9.17, 15) is 5.11 Å². The maximum absolute atomic E-state index is 9.75. The fourth-order valence-electron chi connectivity index (χ4n) is 1.67. The average molecular weight is 228 g/mol. The number of hydrogen-bond donors (Lipinski definition) is 1. The molecule has 0 amide bonds. The second-order valence-electron chi connectivity index (χ2n) is 3.56. The van der Waals surface area contributed by atoms with Gasteiger partial charge in [-0.3, -0.25) is 0 Å². The first-order chi connectivity index (χ1) is 8.31. The Kier molecular flexibility index (Phi) is 5.28. The first kappa shape index (κ1) is 13.3. The lowest BCUT2D eigenvalue weighted by Crippen LogP contribution is -1.83.